The molecule has 0 amide bonds. The zero-order valence-electron chi connectivity index (χ0n) is 9.21. The molecule has 0 aromatic rings. The molecule has 0 aliphatic carbocycles. The Morgan fingerprint density at radius 2 is 1.69 bits per heavy atom. The quantitative estimate of drug-likeness (QED) is 0.569. The lowest BCUT2D eigenvalue weighted by Gasteiger charge is -2.21. The minimum atomic E-state index is 0.559. The Labute approximate surface area is 81.8 Å². The molecule has 1 unspecified atom stereocenters. The average Bonchev–Trinajstić information content (AvgIpc) is 2.65. The van der Waals surface area contributed by atoms with Crippen LogP contribution < -0.4 is 5.84 Å². The van der Waals surface area contributed by atoms with Crippen LogP contribution in [0.25, 0.3) is 0 Å². The van der Waals surface area contributed by atoms with E-state index in [1.165, 1.54) is 25.9 Å². The zero-order chi connectivity index (χ0) is 9.90. The molecule has 2 aliphatic rings. The molecule has 2 N–H and O–H groups in total. The van der Waals surface area contributed by atoms with E-state index in [-0.39, 0.29) is 0 Å². The minimum absolute atomic E-state index is 0.559. The molecule has 78 valence electrons. The van der Waals surface area contributed by atoms with Gasteiger partial charge in [0.15, 0.2) is 0 Å². The highest BCUT2D eigenvalue weighted by atomic mass is 15.4. The smallest absolute Gasteiger partial charge is 0.0198 e. The Morgan fingerprint density at radius 1 is 1.08 bits per heavy atom. The Hall–Kier alpha value is -0.120. The Balaban J connectivity index is 0.000000396. The Morgan fingerprint density at radius 3 is 2.08 bits per heavy atom. The van der Waals surface area contributed by atoms with Crippen molar-refractivity contribution in [3.63, 3.8) is 0 Å². The van der Waals surface area contributed by atoms with Crippen LogP contribution in [0, 0.1) is 5.41 Å². The van der Waals surface area contributed by atoms with Gasteiger partial charge in [0.2, 0.25) is 0 Å². The summed E-state index contributed by atoms with van der Waals surface area (Å²) in [5.74, 6) is 5.75. The van der Waals surface area contributed by atoms with Crippen molar-refractivity contribution in [2.24, 2.45) is 11.3 Å². The second kappa shape index (κ2) is 4.40. The van der Waals surface area contributed by atoms with Gasteiger partial charge >= 0.3 is 0 Å². The molecule has 0 saturated carbocycles. The highest BCUT2D eigenvalue weighted by molar-refractivity contribution is 4.94. The molecule has 1 atom stereocenters. The molecule has 13 heavy (non-hydrogen) atoms. The number of likely N-dealkylation sites (tertiary alicyclic amines) is 1. The van der Waals surface area contributed by atoms with Crippen molar-refractivity contribution < 1.29 is 0 Å². The third-order valence-corrected chi connectivity index (χ3v) is 3.10. The maximum atomic E-state index is 5.75. The molecule has 0 aromatic carbocycles. The maximum absolute atomic E-state index is 5.75. The number of hydrogen-bond donors (Lipinski definition) is 1. The first-order valence-corrected chi connectivity index (χ1v) is 5.38. The molecule has 2 aliphatic heterocycles. The van der Waals surface area contributed by atoms with Crippen LogP contribution in [0.4, 0.5) is 0 Å². The van der Waals surface area contributed by atoms with Gasteiger partial charge in [0.05, 0.1) is 0 Å². The topological polar surface area (TPSA) is 32.5 Å². The van der Waals surface area contributed by atoms with Crippen LogP contribution in [0.5, 0.6) is 0 Å². The van der Waals surface area contributed by atoms with E-state index in [0.717, 1.165) is 13.1 Å². The fraction of sp³-hybridized carbons (Fsp3) is 1.00. The summed E-state index contributed by atoms with van der Waals surface area (Å²) < 4.78 is 0. The molecule has 3 nitrogen and oxygen atoms in total. The molecule has 0 aromatic heterocycles. The van der Waals surface area contributed by atoms with Gasteiger partial charge in [-0.3, -0.25) is 5.84 Å². The van der Waals surface area contributed by atoms with E-state index in [2.05, 4.69) is 11.9 Å². The fourth-order valence-electron chi connectivity index (χ4n) is 2.46. The van der Waals surface area contributed by atoms with Gasteiger partial charge in [-0.15, -0.1) is 0 Å². The standard InChI is InChI=1S/C8H17N3.C2H6/c1-10-4-2-8(6-10)3-5-11(9)7-8;1-2/h2-7,9H2,1H3;1-2H3. The van der Waals surface area contributed by atoms with Crippen LogP contribution in [0.2, 0.25) is 0 Å². The highest BCUT2D eigenvalue weighted by Gasteiger charge is 2.41. The summed E-state index contributed by atoms with van der Waals surface area (Å²) in [5.41, 5.74) is 0.559. The average molecular weight is 185 g/mol. The van der Waals surface area contributed by atoms with Gasteiger partial charge in [0.25, 0.3) is 0 Å². The summed E-state index contributed by atoms with van der Waals surface area (Å²) >= 11 is 0. The van der Waals surface area contributed by atoms with Crippen LogP contribution >= 0.6 is 0 Å². The van der Waals surface area contributed by atoms with Crippen molar-refractivity contribution in [1.29, 1.82) is 0 Å². The lowest BCUT2D eigenvalue weighted by atomic mass is 9.87. The molecule has 1 spiro atoms. The van der Waals surface area contributed by atoms with E-state index in [1.54, 1.807) is 0 Å². The van der Waals surface area contributed by atoms with Gasteiger partial charge in [0.1, 0.15) is 0 Å². The first kappa shape index (κ1) is 11.0. The minimum Gasteiger partial charge on any atom is -0.306 e. The lowest BCUT2D eigenvalue weighted by Crippen LogP contribution is -2.33. The molecule has 0 bridgehead atoms. The monoisotopic (exact) mass is 185 g/mol. The summed E-state index contributed by atoms with van der Waals surface area (Å²) in [6.07, 6.45) is 2.64. The predicted octanol–water partition coefficient (Wildman–Crippen LogP) is 0.914. The van der Waals surface area contributed by atoms with Crippen molar-refractivity contribution in [2.75, 3.05) is 33.2 Å². The third-order valence-electron chi connectivity index (χ3n) is 3.10. The van der Waals surface area contributed by atoms with Gasteiger partial charge in [-0.2, -0.15) is 0 Å². The molecule has 3 heteroatoms. The van der Waals surface area contributed by atoms with Gasteiger partial charge < -0.3 is 4.90 Å². The van der Waals surface area contributed by atoms with Gasteiger partial charge in [-0.05, 0) is 31.8 Å². The van der Waals surface area contributed by atoms with Gasteiger partial charge in [-0.25, -0.2) is 5.01 Å². The number of rotatable bonds is 0. The van der Waals surface area contributed by atoms with Crippen LogP contribution in [-0.2, 0) is 0 Å². The largest absolute Gasteiger partial charge is 0.306 e. The van der Waals surface area contributed by atoms with Gasteiger partial charge in [-0.1, -0.05) is 13.8 Å². The highest BCUT2D eigenvalue weighted by Crippen LogP contribution is 2.37. The first-order valence-electron chi connectivity index (χ1n) is 5.38. The van der Waals surface area contributed by atoms with Crippen molar-refractivity contribution >= 4 is 0 Å². The molecule has 2 fully saturated rings. The maximum Gasteiger partial charge on any atom is 0.0198 e. The molecule has 2 heterocycles. The zero-order valence-corrected chi connectivity index (χ0v) is 9.21. The predicted molar refractivity (Wildman–Crippen MR) is 56.3 cm³/mol. The summed E-state index contributed by atoms with van der Waals surface area (Å²) in [4.78, 5) is 2.42. The van der Waals surface area contributed by atoms with E-state index >= 15 is 0 Å². The SMILES string of the molecule is CC.CN1CCC2(CCN(N)C2)C1. The summed E-state index contributed by atoms with van der Waals surface area (Å²) in [6.45, 7) is 8.71. The van der Waals surface area contributed by atoms with Crippen LogP contribution in [0.1, 0.15) is 26.7 Å². The van der Waals surface area contributed by atoms with Crippen LogP contribution in [0.15, 0.2) is 0 Å². The summed E-state index contributed by atoms with van der Waals surface area (Å²) in [6, 6.07) is 0. The fourth-order valence-corrected chi connectivity index (χ4v) is 2.46. The van der Waals surface area contributed by atoms with Crippen molar-refractivity contribution in [3.8, 4) is 0 Å². The number of nitrogens with two attached hydrogens (primary N) is 1. The molecule has 0 radical (unpaired) electrons. The van der Waals surface area contributed by atoms with Crippen molar-refractivity contribution in [2.45, 2.75) is 26.7 Å². The van der Waals surface area contributed by atoms with Crippen LogP contribution in [0.3, 0.4) is 0 Å². The van der Waals surface area contributed by atoms with Crippen molar-refractivity contribution in [1.82, 2.24) is 9.91 Å². The van der Waals surface area contributed by atoms with E-state index in [1.807, 2.05) is 18.9 Å². The van der Waals surface area contributed by atoms with Gasteiger partial charge in [0, 0.05) is 19.6 Å². The molecular formula is C10H23N3. The molecule has 2 saturated heterocycles. The first-order chi connectivity index (χ1) is 6.20. The number of nitrogens with zero attached hydrogens (tertiary/aromatic N) is 2. The van der Waals surface area contributed by atoms with E-state index in [0.29, 0.717) is 5.41 Å². The van der Waals surface area contributed by atoms with Crippen molar-refractivity contribution in [3.05, 3.63) is 0 Å². The van der Waals surface area contributed by atoms with E-state index in [4.69, 9.17) is 5.84 Å². The van der Waals surface area contributed by atoms with E-state index < -0.39 is 0 Å². The number of hydrazine groups is 1. The Bertz CT molecular complexity index is 140. The van der Waals surface area contributed by atoms with E-state index in [9.17, 15) is 0 Å². The second-order valence-electron chi connectivity index (χ2n) is 4.21. The summed E-state index contributed by atoms with van der Waals surface area (Å²) in [7, 11) is 2.20. The second-order valence-corrected chi connectivity index (χ2v) is 4.21. The molecule has 2 rings (SSSR count). The lowest BCUT2D eigenvalue weighted by molar-refractivity contribution is 0.259. The molecular weight excluding hydrogens is 162 g/mol. The normalized spacial score (nSPS) is 35.1. The third kappa shape index (κ3) is 2.42. The van der Waals surface area contributed by atoms with Crippen LogP contribution in [-0.4, -0.2) is 43.1 Å². The Kier molecular flexibility index (Phi) is 3.71. The summed E-state index contributed by atoms with van der Waals surface area (Å²) in [5, 5.41) is 1.97. The number of hydrogen-bond acceptors (Lipinski definition) is 3.